The van der Waals surface area contributed by atoms with Gasteiger partial charge in [0.25, 0.3) is 0 Å². The Bertz CT molecular complexity index is 657. The van der Waals surface area contributed by atoms with E-state index in [2.05, 4.69) is 23.3 Å². The number of rotatable bonds is 3. The Balaban J connectivity index is 1.78. The van der Waals surface area contributed by atoms with E-state index >= 15 is 0 Å². The van der Waals surface area contributed by atoms with Crippen LogP contribution in [0, 0.1) is 6.92 Å². The van der Waals surface area contributed by atoms with E-state index in [1.165, 1.54) is 5.56 Å². The summed E-state index contributed by atoms with van der Waals surface area (Å²) in [6.45, 7) is 2.06. The van der Waals surface area contributed by atoms with Gasteiger partial charge in [0.15, 0.2) is 0 Å². The Morgan fingerprint density at radius 1 is 1.32 bits per heavy atom. The van der Waals surface area contributed by atoms with E-state index in [1.807, 2.05) is 24.3 Å². The van der Waals surface area contributed by atoms with E-state index in [0.717, 1.165) is 29.4 Å². The first-order valence-electron chi connectivity index (χ1n) is 6.57. The number of aryl methyl sites for hydroxylation is 1. The summed E-state index contributed by atoms with van der Waals surface area (Å²) in [5.74, 6) is -0.0340. The molecule has 1 heterocycles. The van der Waals surface area contributed by atoms with Crippen molar-refractivity contribution >= 4 is 22.9 Å². The molecule has 3 heteroatoms. The van der Waals surface area contributed by atoms with Crippen molar-refractivity contribution in [1.82, 2.24) is 10.3 Å². The Morgan fingerprint density at radius 2 is 2.16 bits per heavy atom. The molecule has 0 bridgehead atoms. The second kappa shape index (κ2) is 4.84. The third kappa shape index (κ3) is 2.99. The Morgan fingerprint density at radius 3 is 2.95 bits per heavy atom. The van der Waals surface area contributed by atoms with Crippen molar-refractivity contribution in [2.24, 2.45) is 0 Å². The minimum absolute atomic E-state index is 0.0340. The van der Waals surface area contributed by atoms with E-state index in [4.69, 9.17) is 0 Å². The van der Waals surface area contributed by atoms with Crippen LogP contribution >= 0.6 is 0 Å². The highest BCUT2D eigenvalue weighted by atomic mass is 16.1. The molecule has 0 unspecified atom stereocenters. The van der Waals surface area contributed by atoms with Gasteiger partial charge in [0.1, 0.15) is 0 Å². The van der Waals surface area contributed by atoms with Crippen LogP contribution in [0.3, 0.4) is 0 Å². The molecule has 1 amide bonds. The summed E-state index contributed by atoms with van der Waals surface area (Å²) in [6.07, 6.45) is 5.53. The van der Waals surface area contributed by atoms with Gasteiger partial charge in [-0.2, -0.15) is 0 Å². The van der Waals surface area contributed by atoms with Crippen molar-refractivity contribution in [2.75, 3.05) is 0 Å². The summed E-state index contributed by atoms with van der Waals surface area (Å²) in [7, 11) is 0. The lowest BCUT2D eigenvalue weighted by molar-refractivity contribution is -0.116. The molecule has 3 nitrogen and oxygen atoms in total. The van der Waals surface area contributed by atoms with E-state index in [1.54, 1.807) is 12.2 Å². The molecule has 96 valence electrons. The Kier molecular flexibility index (Phi) is 3.03. The second-order valence-electron chi connectivity index (χ2n) is 5.05. The van der Waals surface area contributed by atoms with Crippen LogP contribution in [-0.4, -0.2) is 16.9 Å². The fraction of sp³-hybridized carbons (Fsp3) is 0.250. The summed E-state index contributed by atoms with van der Waals surface area (Å²) < 4.78 is 0. The van der Waals surface area contributed by atoms with Crippen molar-refractivity contribution in [3.63, 3.8) is 0 Å². The maximum atomic E-state index is 11.5. The first-order valence-corrected chi connectivity index (χ1v) is 6.57. The molecule has 0 radical (unpaired) electrons. The first-order chi connectivity index (χ1) is 9.20. The molecular weight excluding hydrogens is 236 g/mol. The molecule has 1 aliphatic carbocycles. The number of nitrogens with one attached hydrogen (secondary N) is 1. The van der Waals surface area contributed by atoms with Crippen molar-refractivity contribution < 1.29 is 4.79 Å². The molecule has 0 spiro atoms. The topological polar surface area (TPSA) is 42.0 Å². The highest BCUT2D eigenvalue weighted by molar-refractivity contribution is 5.92. The molecule has 0 atom stereocenters. The van der Waals surface area contributed by atoms with Crippen LogP contribution in [-0.2, 0) is 4.79 Å². The number of benzene rings is 1. The Labute approximate surface area is 112 Å². The van der Waals surface area contributed by atoms with Gasteiger partial charge < -0.3 is 5.32 Å². The van der Waals surface area contributed by atoms with Crippen LogP contribution in [0.4, 0.5) is 0 Å². The molecule has 1 fully saturated rings. The van der Waals surface area contributed by atoms with Gasteiger partial charge in [-0.05, 0) is 44.0 Å². The second-order valence-corrected chi connectivity index (χ2v) is 5.05. The zero-order chi connectivity index (χ0) is 13.2. The number of carbonyl (C=O) groups is 1. The number of pyridine rings is 1. The molecule has 1 aromatic carbocycles. The summed E-state index contributed by atoms with van der Waals surface area (Å²) in [5, 5.41) is 4.04. The third-order valence-electron chi connectivity index (χ3n) is 3.20. The smallest absolute Gasteiger partial charge is 0.244 e. The number of hydrogen-bond donors (Lipinski definition) is 1. The SMILES string of the molecule is Cc1ccc2nc(/C=C/C(=O)NC3CC3)ccc2c1. The average Bonchev–Trinajstić information content (AvgIpc) is 3.20. The quantitative estimate of drug-likeness (QED) is 0.853. The van der Waals surface area contributed by atoms with Crippen LogP contribution in [0.5, 0.6) is 0 Å². The largest absolute Gasteiger partial charge is 0.350 e. The molecule has 0 saturated heterocycles. The fourth-order valence-corrected chi connectivity index (χ4v) is 1.99. The number of hydrogen-bond acceptors (Lipinski definition) is 2. The first kappa shape index (κ1) is 11.9. The number of amides is 1. The van der Waals surface area contributed by atoms with Gasteiger partial charge >= 0.3 is 0 Å². The van der Waals surface area contributed by atoms with Crippen LogP contribution < -0.4 is 5.32 Å². The molecule has 2 aromatic rings. The lowest BCUT2D eigenvalue weighted by atomic mass is 10.1. The van der Waals surface area contributed by atoms with Gasteiger partial charge in [0.05, 0.1) is 11.2 Å². The van der Waals surface area contributed by atoms with E-state index < -0.39 is 0 Å². The van der Waals surface area contributed by atoms with E-state index in [-0.39, 0.29) is 5.91 Å². The van der Waals surface area contributed by atoms with Crippen LogP contribution in [0.25, 0.3) is 17.0 Å². The zero-order valence-corrected chi connectivity index (χ0v) is 10.9. The van der Waals surface area contributed by atoms with Crippen molar-refractivity contribution in [3.8, 4) is 0 Å². The molecule has 1 aromatic heterocycles. The third-order valence-corrected chi connectivity index (χ3v) is 3.20. The zero-order valence-electron chi connectivity index (χ0n) is 10.9. The predicted molar refractivity (Wildman–Crippen MR) is 76.7 cm³/mol. The van der Waals surface area contributed by atoms with E-state index in [9.17, 15) is 4.79 Å². The normalized spacial score (nSPS) is 15.0. The summed E-state index contributed by atoms with van der Waals surface area (Å²) in [5.41, 5.74) is 2.99. The van der Waals surface area contributed by atoms with Crippen molar-refractivity contribution in [3.05, 3.63) is 47.7 Å². The van der Waals surface area contributed by atoms with Crippen LogP contribution in [0.15, 0.2) is 36.4 Å². The average molecular weight is 252 g/mol. The summed E-state index contributed by atoms with van der Waals surface area (Å²) in [6, 6.07) is 10.5. The van der Waals surface area contributed by atoms with Gasteiger partial charge in [-0.25, -0.2) is 4.98 Å². The Hall–Kier alpha value is -2.16. The summed E-state index contributed by atoms with van der Waals surface area (Å²) >= 11 is 0. The molecule has 3 rings (SSSR count). The van der Waals surface area contributed by atoms with Gasteiger partial charge in [-0.15, -0.1) is 0 Å². The number of fused-ring (bicyclic) bond motifs is 1. The maximum absolute atomic E-state index is 11.5. The molecule has 1 N–H and O–H groups in total. The number of nitrogens with zero attached hydrogens (tertiary/aromatic N) is 1. The predicted octanol–water partition coefficient (Wildman–Crippen LogP) is 2.84. The van der Waals surface area contributed by atoms with Crippen molar-refractivity contribution in [1.29, 1.82) is 0 Å². The molecular formula is C16H16N2O. The molecule has 1 aliphatic rings. The van der Waals surface area contributed by atoms with Gasteiger partial charge in [-0.1, -0.05) is 17.7 Å². The maximum Gasteiger partial charge on any atom is 0.244 e. The molecule has 1 saturated carbocycles. The standard InChI is InChI=1S/C16H16N2O/c1-11-2-8-15-12(10-11)3-4-13(17-15)7-9-16(19)18-14-5-6-14/h2-4,7-10,14H,5-6H2,1H3,(H,18,19)/b9-7+. The van der Waals surface area contributed by atoms with Gasteiger partial charge in [-0.3, -0.25) is 4.79 Å². The van der Waals surface area contributed by atoms with Gasteiger partial charge in [0, 0.05) is 17.5 Å². The summed E-state index contributed by atoms with van der Waals surface area (Å²) in [4.78, 5) is 16.1. The van der Waals surface area contributed by atoms with E-state index in [0.29, 0.717) is 6.04 Å². The number of aromatic nitrogens is 1. The minimum Gasteiger partial charge on any atom is -0.350 e. The lowest BCUT2D eigenvalue weighted by Crippen LogP contribution is -2.22. The molecule has 0 aliphatic heterocycles. The molecule has 19 heavy (non-hydrogen) atoms. The van der Waals surface area contributed by atoms with Crippen LogP contribution in [0.1, 0.15) is 24.1 Å². The highest BCUT2D eigenvalue weighted by Gasteiger charge is 2.21. The minimum atomic E-state index is -0.0340. The van der Waals surface area contributed by atoms with Crippen molar-refractivity contribution in [2.45, 2.75) is 25.8 Å². The number of carbonyl (C=O) groups excluding carboxylic acids is 1. The highest BCUT2D eigenvalue weighted by Crippen LogP contribution is 2.18. The van der Waals surface area contributed by atoms with Crippen LogP contribution in [0.2, 0.25) is 0 Å². The monoisotopic (exact) mass is 252 g/mol. The van der Waals surface area contributed by atoms with Gasteiger partial charge in [0.2, 0.25) is 5.91 Å². The lowest BCUT2D eigenvalue weighted by Gasteiger charge is -2.01. The fourth-order valence-electron chi connectivity index (χ4n) is 1.99.